The van der Waals surface area contributed by atoms with Gasteiger partial charge in [-0.05, 0) is 18.1 Å². The van der Waals surface area contributed by atoms with Gasteiger partial charge in [-0.25, -0.2) is 4.98 Å². The van der Waals surface area contributed by atoms with Crippen LogP contribution < -0.4 is 5.32 Å². The average Bonchev–Trinajstić information content (AvgIpc) is 3.16. The van der Waals surface area contributed by atoms with Crippen LogP contribution in [0.2, 0.25) is 0 Å². The van der Waals surface area contributed by atoms with E-state index in [0.717, 1.165) is 22.6 Å². The first-order valence-electron chi connectivity index (χ1n) is 8.09. The van der Waals surface area contributed by atoms with E-state index in [0.29, 0.717) is 5.69 Å². The lowest BCUT2D eigenvalue weighted by Crippen LogP contribution is -2.36. The van der Waals surface area contributed by atoms with Crippen molar-refractivity contribution in [3.05, 3.63) is 53.3 Å². The second-order valence-electron chi connectivity index (χ2n) is 5.81. The van der Waals surface area contributed by atoms with Gasteiger partial charge in [-0.1, -0.05) is 25.1 Å². The Morgan fingerprint density at radius 1 is 1.32 bits per heavy atom. The molecule has 1 aromatic carbocycles. The summed E-state index contributed by atoms with van der Waals surface area (Å²) in [6, 6.07) is 7.68. The number of aromatic nitrogens is 2. The molecule has 0 unspecified atom stereocenters. The van der Waals surface area contributed by atoms with Gasteiger partial charge in [0, 0.05) is 30.5 Å². The van der Waals surface area contributed by atoms with Crippen LogP contribution in [0, 0.1) is 0 Å². The normalized spacial score (nSPS) is 10.8. The molecule has 0 bridgehead atoms. The lowest BCUT2D eigenvalue weighted by molar-refractivity contribution is -0.132. The molecule has 0 spiro atoms. The summed E-state index contributed by atoms with van der Waals surface area (Å²) in [5.74, 6) is -0.341. The summed E-state index contributed by atoms with van der Waals surface area (Å²) in [6.07, 6.45) is 4.77. The third kappa shape index (κ3) is 4.06. The number of anilines is 1. The van der Waals surface area contributed by atoms with Crippen molar-refractivity contribution < 1.29 is 9.59 Å². The van der Waals surface area contributed by atoms with E-state index in [1.54, 1.807) is 7.05 Å². The first kappa shape index (κ1) is 17.2. The number of nitrogens with one attached hydrogen (secondary N) is 1. The average molecular weight is 356 g/mol. The second-order valence-corrected chi connectivity index (χ2v) is 6.68. The summed E-state index contributed by atoms with van der Waals surface area (Å²) in [6.45, 7) is 2.05. The highest BCUT2D eigenvalue weighted by atomic mass is 32.1. The minimum absolute atomic E-state index is 0.0130. The summed E-state index contributed by atoms with van der Waals surface area (Å²) in [7, 11) is 1.63. The van der Waals surface area contributed by atoms with Crippen molar-refractivity contribution in [2.24, 2.45) is 0 Å². The molecule has 3 rings (SSSR count). The van der Waals surface area contributed by atoms with E-state index >= 15 is 0 Å². The summed E-state index contributed by atoms with van der Waals surface area (Å²) in [5, 5.41) is 4.82. The van der Waals surface area contributed by atoms with Gasteiger partial charge in [0.2, 0.25) is 11.8 Å². The lowest BCUT2D eigenvalue weighted by atomic mass is 10.1. The largest absolute Gasteiger partial charge is 0.336 e. The smallest absolute Gasteiger partial charge is 0.243 e. The molecule has 130 valence electrons. The number of carbonyl (C=O) groups excluding carboxylic acids is 2. The number of fused-ring (bicyclic) bond motifs is 1. The van der Waals surface area contributed by atoms with Crippen LogP contribution in [0.15, 0.2) is 42.0 Å². The van der Waals surface area contributed by atoms with Crippen molar-refractivity contribution in [3.63, 3.8) is 0 Å². The molecule has 0 radical (unpaired) electrons. The van der Waals surface area contributed by atoms with E-state index < -0.39 is 0 Å². The van der Waals surface area contributed by atoms with Crippen LogP contribution in [0.25, 0.3) is 4.96 Å². The van der Waals surface area contributed by atoms with E-state index in [1.165, 1.54) is 16.2 Å². The third-order valence-electron chi connectivity index (χ3n) is 3.95. The molecule has 2 aromatic heterocycles. The highest BCUT2D eigenvalue weighted by molar-refractivity contribution is 7.15. The molecule has 1 N–H and O–H groups in total. The van der Waals surface area contributed by atoms with Crippen LogP contribution in [-0.4, -0.2) is 39.7 Å². The number of para-hydroxylation sites is 1. The summed E-state index contributed by atoms with van der Waals surface area (Å²) >= 11 is 1.52. The molecule has 0 aliphatic heterocycles. The number of hydrogen-bond donors (Lipinski definition) is 1. The van der Waals surface area contributed by atoms with Crippen molar-refractivity contribution >= 4 is 33.8 Å². The summed E-state index contributed by atoms with van der Waals surface area (Å²) in [4.78, 5) is 31.2. The zero-order chi connectivity index (χ0) is 17.8. The molecular weight excluding hydrogens is 336 g/mol. The topological polar surface area (TPSA) is 66.7 Å². The number of amides is 2. The number of aryl methyl sites for hydroxylation is 1. The zero-order valence-electron chi connectivity index (χ0n) is 14.2. The lowest BCUT2D eigenvalue weighted by Gasteiger charge is -2.17. The predicted octanol–water partition coefficient (Wildman–Crippen LogP) is 2.60. The number of carbonyl (C=O) groups is 2. The molecular formula is C18H20N4O2S. The molecule has 7 heteroatoms. The van der Waals surface area contributed by atoms with Crippen LogP contribution in [0.3, 0.4) is 0 Å². The van der Waals surface area contributed by atoms with Gasteiger partial charge in [-0.2, -0.15) is 0 Å². The number of thiazole rings is 1. The minimum atomic E-state index is -0.206. The number of imidazole rings is 1. The first-order valence-corrected chi connectivity index (χ1v) is 8.97. The maximum Gasteiger partial charge on any atom is 0.243 e. The van der Waals surface area contributed by atoms with Crippen LogP contribution in [0.5, 0.6) is 0 Å². The molecule has 0 fully saturated rings. The van der Waals surface area contributed by atoms with E-state index in [9.17, 15) is 9.59 Å². The Morgan fingerprint density at radius 3 is 2.88 bits per heavy atom. The van der Waals surface area contributed by atoms with E-state index in [4.69, 9.17) is 0 Å². The molecule has 0 atom stereocenters. The van der Waals surface area contributed by atoms with Crippen molar-refractivity contribution in [1.82, 2.24) is 14.3 Å². The number of rotatable bonds is 6. The fraction of sp³-hybridized carbons (Fsp3) is 0.278. The van der Waals surface area contributed by atoms with Crippen LogP contribution >= 0.6 is 11.3 Å². The van der Waals surface area contributed by atoms with Crippen molar-refractivity contribution in [3.8, 4) is 0 Å². The number of benzene rings is 1. The summed E-state index contributed by atoms with van der Waals surface area (Å²) < 4.78 is 1.89. The van der Waals surface area contributed by atoms with Crippen LogP contribution in [0.1, 0.15) is 18.2 Å². The molecule has 0 saturated carbocycles. The number of nitrogens with zero attached hydrogens (tertiary/aromatic N) is 3. The second kappa shape index (κ2) is 7.48. The van der Waals surface area contributed by atoms with Gasteiger partial charge in [0.05, 0.1) is 18.7 Å². The molecule has 3 aromatic rings. The van der Waals surface area contributed by atoms with Crippen molar-refractivity contribution in [2.45, 2.75) is 19.8 Å². The maximum atomic E-state index is 12.3. The van der Waals surface area contributed by atoms with Gasteiger partial charge >= 0.3 is 0 Å². The van der Waals surface area contributed by atoms with Crippen LogP contribution in [0.4, 0.5) is 5.69 Å². The SMILES string of the molecule is CCc1ccccc1NC(=O)CN(C)C(=O)Cc1cn2ccsc2n1. The van der Waals surface area contributed by atoms with Gasteiger partial charge in [0.1, 0.15) is 0 Å². The molecule has 0 aliphatic rings. The Hall–Kier alpha value is -2.67. The Morgan fingerprint density at radius 2 is 2.12 bits per heavy atom. The molecule has 2 amide bonds. The number of likely N-dealkylation sites (N-methyl/N-ethyl adjacent to an activating group) is 1. The monoisotopic (exact) mass is 356 g/mol. The van der Waals surface area contributed by atoms with Gasteiger partial charge in [-0.3, -0.25) is 14.0 Å². The molecule has 0 aliphatic carbocycles. The Kier molecular flexibility index (Phi) is 5.14. The van der Waals surface area contributed by atoms with E-state index in [2.05, 4.69) is 10.3 Å². The van der Waals surface area contributed by atoms with Gasteiger partial charge in [-0.15, -0.1) is 11.3 Å². The highest BCUT2D eigenvalue weighted by Gasteiger charge is 2.16. The number of hydrogen-bond acceptors (Lipinski definition) is 4. The fourth-order valence-corrected chi connectivity index (χ4v) is 3.31. The molecule has 2 heterocycles. The molecule has 0 saturated heterocycles. The standard InChI is InChI=1S/C18H20N4O2S/c1-3-13-6-4-5-7-15(13)20-16(23)12-21(2)17(24)10-14-11-22-8-9-25-18(22)19-14/h4-9,11H,3,10,12H2,1-2H3,(H,20,23). The van der Waals surface area contributed by atoms with Gasteiger partial charge < -0.3 is 10.2 Å². The van der Waals surface area contributed by atoms with E-state index in [1.807, 2.05) is 53.4 Å². The van der Waals surface area contributed by atoms with E-state index in [-0.39, 0.29) is 24.8 Å². The fourth-order valence-electron chi connectivity index (χ4n) is 2.60. The molecule has 6 nitrogen and oxygen atoms in total. The van der Waals surface area contributed by atoms with Crippen molar-refractivity contribution in [1.29, 1.82) is 0 Å². The third-order valence-corrected chi connectivity index (χ3v) is 4.73. The molecule has 25 heavy (non-hydrogen) atoms. The van der Waals surface area contributed by atoms with Crippen LogP contribution in [-0.2, 0) is 22.4 Å². The van der Waals surface area contributed by atoms with Gasteiger partial charge in [0.15, 0.2) is 4.96 Å². The minimum Gasteiger partial charge on any atom is -0.336 e. The summed E-state index contributed by atoms with van der Waals surface area (Å²) in [5.41, 5.74) is 2.58. The highest BCUT2D eigenvalue weighted by Crippen LogP contribution is 2.15. The quantitative estimate of drug-likeness (QED) is 0.738. The Labute approximate surface area is 150 Å². The first-order chi connectivity index (χ1) is 12.1. The van der Waals surface area contributed by atoms with Crippen molar-refractivity contribution in [2.75, 3.05) is 18.9 Å². The predicted molar refractivity (Wildman–Crippen MR) is 98.9 cm³/mol. The van der Waals surface area contributed by atoms with Gasteiger partial charge in [0.25, 0.3) is 0 Å². The Balaban J connectivity index is 1.57. The Bertz CT molecular complexity index is 871. The maximum absolute atomic E-state index is 12.3. The zero-order valence-corrected chi connectivity index (χ0v) is 15.0.